The summed E-state index contributed by atoms with van der Waals surface area (Å²) >= 11 is 0. The van der Waals surface area contributed by atoms with E-state index in [1.165, 1.54) is 11.8 Å². The molecule has 1 heterocycles. The van der Waals surface area contributed by atoms with Gasteiger partial charge in [-0.15, -0.1) is 0 Å². The molecule has 1 unspecified atom stereocenters. The Hall–Kier alpha value is -1.85. The average molecular weight is 304 g/mol. The number of anilines is 1. The van der Waals surface area contributed by atoms with E-state index < -0.39 is 0 Å². The Bertz CT molecular complexity index is 489. The van der Waals surface area contributed by atoms with Gasteiger partial charge in [-0.05, 0) is 30.2 Å². The topological polar surface area (TPSA) is 61.8 Å². The Balaban J connectivity index is 1.90. The summed E-state index contributed by atoms with van der Waals surface area (Å²) in [6.07, 6.45) is 3.99. The SMILES string of the molecule is CCC(CO)NC(=O)/C=C/c1ccc(N2CCOCC2)cc1. The highest BCUT2D eigenvalue weighted by atomic mass is 16.5. The molecule has 120 valence electrons. The lowest BCUT2D eigenvalue weighted by Crippen LogP contribution is -2.36. The van der Waals surface area contributed by atoms with Crippen molar-refractivity contribution in [2.45, 2.75) is 19.4 Å². The zero-order chi connectivity index (χ0) is 15.8. The molecule has 1 saturated heterocycles. The molecule has 1 aromatic carbocycles. The number of rotatable bonds is 6. The minimum absolute atomic E-state index is 0.0374. The number of ether oxygens (including phenoxy) is 1. The second kappa shape index (κ2) is 8.56. The van der Waals surface area contributed by atoms with Crippen LogP contribution in [-0.2, 0) is 9.53 Å². The predicted octanol–water partition coefficient (Wildman–Crippen LogP) is 1.42. The first-order valence-corrected chi connectivity index (χ1v) is 7.75. The van der Waals surface area contributed by atoms with E-state index in [0.29, 0.717) is 6.42 Å². The van der Waals surface area contributed by atoms with Crippen LogP contribution in [-0.4, -0.2) is 50.0 Å². The van der Waals surface area contributed by atoms with Crippen LogP contribution in [0.3, 0.4) is 0 Å². The highest BCUT2D eigenvalue weighted by molar-refractivity contribution is 5.91. The van der Waals surface area contributed by atoms with Gasteiger partial charge in [0.2, 0.25) is 5.91 Å². The summed E-state index contributed by atoms with van der Waals surface area (Å²) in [7, 11) is 0. The van der Waals surface area contributed by atoms with Crippen molar-refractivity contribution in [3.63, 3.8) is 0 Å². The van der Waals surface area contributed by atoms with E-state index in [0.717, 1.165) is 31.9 Å². The van der Waals surface area contributed by atoms with Crippen LogP contribution in [0.15, 0.2) is 30.3 Å². The molecule has 5 nitrogen and oxygen atoms in total. The summed E-state index contributed by atoms with van der Waals surface area (Å²) in [4.78, 5) is 14.0. The summed E-state index contributed by atoms with van der Waals surface area (Å²) in [5.74, 6) is -0.182. The second-order valence-corrected chi connectivity index (χ2v) is 5.32. The Morgan fingerprint density at radius 1 is 1.36 bits per heavy atom. The number of nitrogens with zero attached hydrogens (tertiary/aromatic N) is 1. The van der Waals surface area contributed by atoms with Crippen LogP contribution in [0.1, 0.15) is 18.9 Å². The van der Waals surface area contributed by atoms with Gasteiger partial charge in [0.25, 0.3) is 0 Å². The molecule has 1 amide bonds. The predicted molar refractivity (Wildman–Crippen MR) is 87.8 cm³/mol. The molecule has 1 aliphatic heterocycles. The molecule has 22 heavy (non-hydrogen) atoms. The van der Waals surface area contributed by atoms with Gasteiger partial charge in [-0.25, -0.2) is 0 Å². The first-order valence-electron chi connectivity index (χ1n) is 7.75. The molecule has 5 heteroatoms. The lowest BCUT2D eigenvalue weighted by atomic mass is 10.1. The van der Waals surface area contributed by atoms with Gasteiger partial charge in [0.1, 0.15) is 0 Å². The van der Waals surface area contributed by atoms with Gasteiger partial charge < -0.3 is 20.1 Å². The van der Waals surface area contributed by atoms with Gasteiger partial charge in [-0.1, -0.05) is 19.1 Å². The van der Waals surface area contributed by atoms with Gasteiger partial charge in [0.05, 0.1) is 25.9 Å². The van der Waals surface area contributed by atoms with Crippen LogP contribution in [0, 0.1) is 0 Å². The van der Waals surface area contributed by atoms with Crippen molar-refractivity contribution in [2.24, 2.45) is 0 Å². The van der Waals surface area contributed by atoms with Crippen molar-refractivity contribution < 1.29 is 14.6 Å². The Labute approximate surface area is 131 Å². The normalized spacial score (nSPS) is 16.7. The molecule has 2 N–H and O–H groups in total. The fraction of sp³-hybridized carbons (Fsp3) is 0.471. The number of aliphatic hydroxyl groups excluding tert-OH is 1. The van der Waals surface area contributed by atoms with Crippen molar-refractivity contribution in [1.29, 1.82) is 0 Å². The first-order chi connectivity index (χ1) is 10.7. The van der Waals surface area contributed by atoms with E-state index in [2.05, 4.69) is 22.3 Å². The molecule has 0 radical (unpaired) electrons. The zero-order valence-electron chi connectivity index (χ0n) is 13.0. The van der Waals surface area contributed by atoms with Gasteiger partial charge in [0, 0.05) is 24.9 Å². The van der Waals surface area contributed by atoms with Crippen LogP contribution < -0.4 is 10.2 Å². The molecule has 1 aliphatic rings. The van der Waals surface area contributed by atoms with Crippen molar-refractivity contribution >= 4 is 17.7 Å². The summed E-state index contributed by atoms with van der Waals surface area (Å²) < 4.78 is 5.34. The van der Waals surface area contributed by atoms with Gasteiger partial charge >= 0.3 is 0 Å². The van der Waals surface area contributed by atoms with Gasteiger partial charge in [-0.2, -0.15) is 0 Å². The third-order valence-corrected chi connectivity index (χ3v) is 3.76. The van der Waals surface area contributed by atoms with Crippen LogP contribution in [0.4, 0.5) is 5.69 Å². The van der Waals surface area contributed by atoms with E-state index >= 15 is 0 Å². The minimum atomic E-state index is -0.182. The Kier molecular flexibility index (Phi) is 6.43. The van der Waals surface area contributed by atoms with Crippen LogP contribution in [0.25, 0.3) is 6.08 Å². The molecule has 0 bridgehead atoms. The molecule has 0 spiro atoms. The lowest BCUT2D eigenvalue weighted by Gasteiger charge is -2.28. The maximum absolute atomic E-state index is 11.7. The molecule has 2 rings (SSSR count). The number of nitrogens with one attached hydrogen (secondary N) is 1. The van der Waals surface area contributed by atoms with Crippen molar-refractivity contribution in [3.8, 4) is 0 Å². The first kappa shape index (κ1) is 16.5. The van der Waals surface area contributed by atoms with Crippen molar-refractivity contribution in [3.05, 3.63) is 35.9 Å². The lowest BCUT2D eigenvalue weighted by molar-refractivity contribution is -0.117. The number of carbonyl (C=O) groups excluding carboxylic acids is 1. The number of morpholine rings is 1. The van der Waals surface area contributed by atoms with E-state index in [-0.39, 0.29) is 18.6 Å². The monoisotopic (exact) mass is 304 g/mol. The molecule has 0 aliphatic carbocycles. The third kappa shape index (κ3) is 4.86. The number of amides is 1. The molecule has 0 saturated carbocycles. The van der Waals surface area contributed by atoms with Crippen molar-refractivity contribution in [2.75, 3.05) is 37.8 Å². The summed E-state index contributed by atoms with van der Waals surface area (Å²) in [5, 5.41) is 11.8. The van der Waals surface area contributed by atoms with Crippen LogP contribution in [0.2, 0.25) is 0 Å². The molecule has 1 aromatic rings. The average Bonchev–Trinajstić information content (AvgIpc) is 2.59. The Morgan fingerprint density at radius 3 is 2.64 bits per heavy atom. The maximum Gasteiger partial charge on any atom is 0.244 e. The van der Waals surface area contributed by atoms with E-state index in [1.54, 1.807) is 6.08 Å². The molecule has 0 aromatic heterocycles. The van der Waals surface area contributed by atoms with Gasteiger partial charge in [0.15, 0.2) is 0 Å². The summed E-state index contributed by atoms with van der Waals surface area (Å²) in [6, 6.07) is 7.94. The molecular weight excluding hydrogens is 280 g/mol. The molecule has 1 atom stereocenters. The summed E-state index contributed by atoms with van der Waals surface area (Å²) in [6.45, 7) is 5.25. The molecule has 1 fully saturated rings. The van der Waals surface area contributed by atoms with Gasteiger partial charge in [-0.3, -0.25) is 4.79 Å². The quantitative estimate of drug-likeness (QED) is 0.780. The van der Waals surface area contributed by atoms with E-state index in [9.17, 15) is 4.79 Å². The van der Waals surface area contributed by atoms with E-state index in [4.69, 9.17) is 9.84 Å². The standard InChI is InChI=1S/C17H24N2O3/c1-2-15(13-20)18-17(21)8-5-14-3-6-16(7-4-14)19-9-11-22-12-10-19/h3-8,15,20H,2,9-13H2,1H3,(H,18,21)/b8-5+. The second-order valence-electron chi connectivity index (χ2n) is 5.32. The Morgan fingerprint density at radius 2 is 2.05 bits per heavy atom. The minimum Gasteiger partial charge on any atom is -0.394 e. The highest BCUT2D eigenvalue weighted by Gasteiger charge is 2.10. The van der Waals surface area contributed by atoms with Crippen LogP contribution >= 0.6 is 0 Å². The fourth-order valence-corrected chi connectivity index (χ4v) is 2.32. The van der Waals surface area contributed by atoms with Crippen LogP contribution in [0.5, 0.6) is 0 Å². The number of hydrogen-bond donors (Lipinski definition) is 2. The number of aliphatic hydroxyl groups is 1. The maximum atomic E-state index is 11.7. The zero-order valence-corrected chi connectivity index (χ0v) is 13.0. The largest absolute Gasteiger partial charge is 0.394 e. The molecular formula is C17H24N2O3. The number of benzene rings is 1. The van der Waals surface area contributed by atoms with E-state index in [1.807, 2.05) is 19.1 Å². The smallest absolute Gasteiger partial charge is 0.244 e. The summed E-state index contributed by atoms with van der Waals surface area (Å²) in [5.41, 5.74) is 2.15. The fourth-order valence-electron chi connectivity index (χ4n) is 2.32. The van der Waals surface area contributed by atoms with Crippen molar-refractivity contribution in [1.82, 2.24) is 5.32 Å². The number of carbonyl (C=O) groups is 1. The third-order valence-electron chi connectivity index (χ3n) is 3.76. The number of hydrogen-bond acceptors (Lipinski definition) is 4. The highest BCUT2D eigenvalue weighted by Crippen LogP contribution is 2.17.